The Hall–Kier alpha value is -0.570. The zero-order chi connectivity index (χ0) is 8.97. The van der Waals surface area contributed by atoms with E-state index in [0.29, 0.717) is 0 Å². The molecule has 0 spiro atoms. The lowest BCUT2D eigenvalue weighted by atomic mass is 10.2. The molecule has 0 amide bonds. The molecule has 1 aromatic rings. The van der Waals surface area contributed by atoms with Gasteiger partial charge < -0.3 is 4.84 Å². The predicted octanol–water partition coefficient (Wildman–Crippen LogP) is 2.33. The predicted molar refractivity (Wildman–Crippen MR) is 49.9 cm³/mol. The van der Waals surface area contributed by atoms with Crippen LogP contribution in [-0.4, -0.2) is 19.2 Å². The summed E-state index contributed by atoms with van der Waals surface area (Å²) in [5.74, 6) is 0. The van der Waals surface area contributed by atoms with E-state index in [1.807, 2.05) is 31.3 Å². The highest BCUT2D eigenvalue weighted by atomic mass is 35.5. The molecule has 0 fully saturated rings. The molecule has 2 nitrogen and oxygen atoms in total. The molecule has 0 bridgehead atoms. The van der Waals surface area contributed by atoms with Gasteiger partial charge in [0.2, 0.25) is 0 Å². The molecule has 12 heavy (non-hydrogen) atoms. The van der Waals surface area contributed by atoms with Crippen molar-refractivity contribution in [2.75, 3.05) is 14.2 Å². The van der Waals surface area contributed by atoms with Gasteiger partial charge in [0.1, 0.15) is 0 Å². The summed E-state index contributed by atoms with van der Waals surface area (Å²) in [6.45, 7) is 0.747. The maximum absolute atomic E-state index is 5.81. The lowest BCUT2D eigenvalue weighted by Crippen LogP contribution is -2.15. The third-order valence-electron chi connectivity index (χ3n) is 1.61. The summed E-state index contributed by atoms with van der Waals surface area (Å²) >= 11 is 5.81. The highest BCUT2D eigenvalue weighted by Crippen LogP contribution is 2.11. The Morgan fingerprint density at radius 3 is 2.83 bits per heavy atom. The van der Waals surface area contributed by atoms with Crippen LogP contribution in [0, 0.1) is 0 Å². The number of hydrogen-bond donors (Lipinski definition) is 0. The highest BCUT2D eigenvalue weighted by molar-refractivity contribution is 6.30. The van der Waals surface area contributed by atoms with Gasteiger partial charge in [-0.2, -0.15) is 5.06 Å². The number of rotatable bonds is 3. The van der Waals surface area contributed by atoms with Crippen LogP contribution in [0.25, 0.3) is 0 Å². The van der Waals surface area contributed by atoms with Crippen molar-refractivity contribution >= 4 is 11.6 Å². The van der Waals surface area contributed by atoms with E-state index in [4.69, 9.17) is 16.4 Å². The van der Waals surface area contributed by atoms with Crippen LogP contribution in [0.3, 0.4) is 0 Å². The second kappa shape index (κ2) is 4.45. The van der Waals surface area contributed by atoms with Crippen LogP contribution in [0.5, 0.6) is 0 Å². The van der Waals surface area contributed by atoms with Gasteiger partial charge in [0.25, 0.3) is 0 Å². The van der Waals surface area contributed by atoms with E-state index in [9.17, 15) is 0 Å². The summed E-state index contributed by atoms with van der Waals surface area (Å²) in [4.78, 5) is 4.98. The Kier molecular flexibility index (Phi) is 3.53. The minimum Gasteiger partial charge on any atom is -0.302 e. The van der Waals surface area contributed by atoms with Gasteiger partial charge in [-0.15, -0.1) is 0 Å². The Balaban J connectivity index is 2.63. The van der Waals surface area contributed by atoms with Gasteiger partial charge in [-0.3, -0.25) is 0 Å². The first-order valence-electron chi connectivity index (χ1n) is 3.72. The van der Waals surface area contributed by atoms with Gasteiger partial charge in [-0.05, 0) is 17.7 Å². The monoisotopic (exact) mass is 185 g/mol. The van der Waals surface area contributed by atoms with Crippen molar-refractivity contribution < 1.29 is 4.84 Å². The van der Waals surface area contributed by atoms with Gasteiger partial charge in [0, 0.05) is 18.6 Å². The second-order valence-electron chi connectivity index (χ2n) is 2.60. The van der Waals surface area contributed by atoms with Crippen LogP contribution in [0.1, 0.15) is 5.56 Å². The summed E-state index contributed by atoms with van der Waals surface area (Å²) in [5.41, 5.74) is 1.15. The van der Waals surface area contributed by atoms with E-state index in [2.05, 4.69) is 0 Å². The topological polar surface area (TPSA) is 12.5 Å². The van der Waals surface area contributed by atoms with E-state index in [0.717, 1.165) is 17.1 Å². The number of nitrogens with zero attached hydrogens (tertiary/aromatic N) is 1. The molecule has 3 heteroatoms. The molecule has 0 atom stereocenters. The second-order valence-corrected chi connectivity index (χ2v) is 3.03. The van der Waals surface area contributed by atoms with E-state index < -0.39 is 0 Å². The summed E-state index contributed by atoms with van der Waals surface area (Å²) in [5, 5.41) is 2.50. The van der Waals surface area contributed by atoms with Crippen molar-refractivity contribution in [1.82, 2.24) is 5.06 Å². The van der Waals surface area contributed by atoms with E-state index in [1.165, 1.54) is 0 Å². The van der Waals surface area contributed by atoms with Gasteiger partial charge >= 0.3 is 0 Å². The summed E-state index contributed by atoms with van der Waals surface area (Å²) in [7, 11) is 3.52. The van der Waals surface area contributed by atoms with E-state index in [1.54, 1.807) is 12.2 Å². The van der Waals surface area contributed by atoms with Crippen molar-refractivity contribution in [3.05, 3.63) is 34.9 Å². The minimum absolute atomic E-state index is 0.747. The molecule has 0 unspecified atom stereocenters. The van der Waals surface area contributed by atoms with Crippen molar-refractivity contribution in [2.24, 2.45) is 0 Å². The van der Waals surface area contributed by atoms with Crippen LogP contribution >= 0.6 is 11.6 Å². The standard InChI is InChI=1S/C9H12ClNO/c1-11(12-2)7-8-4-3-5-9(10)6-8/h3-6H,7H2,1-2H3. The van der Waals surface area contributed by atoms with E-state index >= 15 is 0 Å². The van der Waals surface area contributed by atoms with Crippen LogP contribution < -0.4 is 0 Å². The number of halogens is 1. The lowest BCUT2D eigenvalue weighted by Gasteiger charge is -2.12. The molecule has 0 aliphatic carbocycles. The van der Waals surface area contributed by atoms with Gasteiger partial charge in [0.05, 0.1) is 7.11 Å². The SMILES string of the molecule is CON(C)Cc1cccc(Cl)c1. The van der Waals surface area contributed by atoms with Gasteiger partial charge in [-0.1, -0.05) is 23.7 Å². The lowest BCUT2D eigenvalue weighted by molar-refractivity contribution is -0.116. The molecule has 0 aliphatic heterocycles. The van der Waals surface area contributed by atoms with Crippen LogP contribution in [0.15, 0.2) is 24.3 Å². The fourth-order valence-electron chi connectivity index (χ4n) is 0.957. The molecular weight excluding hydrogens is 174 g/mol. The zero-order valence-corrected chi connectivity index (χ0v) is 8.01. The summed E-state index contributed by atoms with van der Waals surface area (Å²) in [6, 6.07) is 7.73. The molecule has 1 aromatic carbocycles. The first-order chi connectivity index (χ1) is 5.72. The third kappa shape index (κ3) is 2.81. The third-order valence-corrected chi connectivity index (χ3v) is 1.84. The molecule has 0 saturated heterocycles. The summed E-state index contributed by atoms with van der Waals surface area (Å²) < 4.78 is 0. The van der Waals surface area contributed by atoms with Crippen molar-refractivity contribution in [2.45, 2.75) is 6.54 Å². The van der Waals surface area contributed by atoms with Crippen molar-refractivity contribution in [1.29, 1.82) is 0 Å². The fourth-order valence-corrected chi connectivity index (χ4v) is 1.17. The smallest absolute Gasteiger partial charge is 0.0575 e. The molecule has 1 rings (SSSR count). The molecule has 0 radical (unpaired) electrons. The van der Waals surface area contributed by atoms with Crippen molar-refractivity contribution in [3.8, 4) is 0 Å². The largest absolute Gasteiger partial charge is 0.302 e. The van der Waals surface area contributed by atoms with Crippen LogP contribution in [0.2, 0.25) is 5.02 Å². The maximum atomic E-state index is 5.81. The average Bonchev–Trinajstić information content (AvgIpc) is 2.04. The minimum atomic E-state index is 0.747. The van der Waals surface area contributed by atoms with Gasteiger partial charge in [-0.25, -0.2) is 0 Å². The van der Waals surface area contributed by atoms with Crippen LogP contribution in [0.4, 0.5) is 0 Å². The molecule has 0 aromatic heterocycles. The fraction of sp³-hybridized carbons (Fsp3) is 0.333. The maximum Gasteiger partial charge on any atom is 0.0575 e. The molecule has 0 heterocycles. The normalized spacial score (nSPS) is 10.7. The first-order valence-corrected chi connectivity index (χ1v) is 4.10. The molecular formula is C9H12ClNO. The summed E-state index contributed by atoms with van der Waals surface area (Å²) in [6.07, 6.45) is 0. The van der Waals surface area contributed by atoms with E-state index in [-0.39, 0.29) is 0 Å². The molecule has 0 saturated carbocycles. The Morgan fingerprint density at radius 1 is 1.50 bits per heavy atom. The molecule has 66 valence electrons. The number of hydrogen-bond acceptors (Lipinski definition) is 2. The highest BCUT2D eigenvalue weighted by Gasteiger charge is 1.97. The Bertz CT molecular complexity index is 252. The van der Waals surface area contributed by atoms with Crippen LogP contribution in [-0.2, 0) is 11.4 Å². The van der Waals surface area contributed by atoms with Gasteiger partial charge in [0.15, 0.2) is 0 Å². The Morgan fingerprint density at radius 2 is 2.25 bits per heavy atom. The molecule has 0 N–H and O–H groups in total. The quantitative estimate of drug-likeness (QED) is 0.671. The van der Waals surface area contributed by atoms with Crippen molar-refractivity contribution in [3.63, 3.8) is 0 Å². The number of benzene rings is 1. The molecule has 0 aliphatic rings. The number of hydroxylamine groups is 2. The zero-order valence-electron chi connectivity index (χ0n) is 7.25. The first kappa shape index (κ1) is 9.52. The average molecular weight is 186 g/mol. The Labute approximate surface area is 77.7 Å².